The first-order chi connectivity index (χ1) is 9.20. The van der Waals surface area contributed by atoms with E-state index in [1.54, 1.807) is 18.2 Å². The maximum atomic E-state index is 9.03. The summed E-state index contributed by atoms with van der Waals surface area (Å²) in [5.74, 6) is 0. The molecule has 0 spiro atoms. The molecule has 4 heteroatoms. The van der Waals surface area contributed by atoms with Gasteiger partial charge in [0.1, 0.15) is 6.07 Å². The predicted octanol–water partition coefficient (Wildman–Crippen LogP) is 3.32. The lowest BCUT2D eigenvalue weighted by Gasteiger charge is -2.15. The molecule has 0 aliphatic carbocycles. The van der Waals surface area contributed by atoms with E-state index < -0.39 is 0 Å². The Hall–Kier alpha value is -2.02. The van der Waals surface area contributed by atoms with Crippen LogP contribution in [0.3, 0.4) is 0 Å². The summed E-state index contributed by atoms with van der Waals surface area (Å²) in [6.07, 6.45) is 0. The van der Waals surface area contributed by atoms with Crippen LogP contribution in [-0.4, -0.2) is 6.54 Å². The molecule has 0 heterocycles. The first-order valence-corrected chi connectivity index (χ1v) is 6.32. The minimum Gasteiger partial charge on any atom is -0.382 e. The molecule has 3 N–H and O–H groups in total. The molecule has 0 aliphatic heterocycles. The molecule has 0 radical (unpaired) electrons. The van der Waals surface area contributed by atoms with E-state index in [-0.39, 0.29) is 6.04 Å². The monoisotopic (exact) mass is 271 g/mol. The van der Waals surface area contributed by atoms with E-state index in [9.17, 15) is 0 Å². The van der Waals surface area contributed by atoms with E-state index in [1.165, 1.54) is 0 Å². The lowest BCUT2D eigenvalue weighted by atomic mass is 10.1. The summed E-state index contributed by atoms with van der Waals surface area (Å²) < 4.78 is 0. The third-order valence-corrected chi connectivity index (χ3v) is 3.08. The maximum Gasteiger partial charge on any atom is 0.101 e. The molecular formula is C15H14ClN3. The Morgan fingerprint density at radius 1 is 1.21 bits per heavy atom. The summed E-state index contributed by atoms with van der Waals surface area (Å²) in [6, 6.07) is 16.9. The summed E-state index contributed by atoms with van der Waals surface area (Å²) in [5, 5.41) is 12.8. The highest BCUT2D eigenvalue weighted by Crippen LogP contribution is 2.21. The van der Waals surface area contributed by atoms with Crippen molar-refractivity contribution in [3.8, 4) is 6.07 Å². The van der Waals surface area contributed by atoms with Gasteiger partial charge >= 0.3 is 0 Å². The highest BCUT2D eigenvalue weighted by molar-refractivity contribution is 6.30. The van der Waals surface area contributed by atoms with Crippen LogP contribution in [0.25, 0.3) is 0 Å². The summed E-state index contributed by atoms with van der Waals surface area (Å²) in [4.78, 5) is 0. The fourth-order valence-electron chi connectivity index (χ4n) is 1.80. The molecule has 0 saturated carbocycles. The zero-order chi connectivity index (χ0) is 13.7. The third kappa shape index (κ3) is 3.47. The SMILES string of the molecule is N#Cc1ccc(Cl)cc1NCC(N)c1ccccc1. The van der Waals surface area contributed by atoms with Crippen molar-refractivity contribution >= 4 is 17.3 Å². The number of benzene rings is 2. The standard InChI is InChI=1S/C15H14ClN3/c16-13-7-6-12(9-17)15(8-13)19-10-14(18)11-4-2-1-3-5-11/h1-8,14,19H,10,18H2. The average molecular weight is 272 g/mol. The van der Waals surface area contributed by atoms with Crippen molar-refractivity contribution in [3.63, 3.8) is 0 Å². The molecule has 19 heavy (non-hydrogen) atoms. The molecule has 2 rings (SSSR count). The lowest BCUT2D eigenvalue weighted by molar-refractivity contribution is 0.764. The Balaban J connectivity index is 2.07. The molecule has 1 unspecified atom stereocenters. The van der Waals surface area contributed by atoms with E-state index in [4.69, 9.17) is 22.6 Å². The molecule has 2 aromatic carbocycles. The van der Waals surface area contributed by atoms with Crippen molar-refractivity contribution in [1.82, 2.24) is 0 Å². The van der Waals surface area contributed by atoms with Crippen LogP contribution in [0.2, 0.25) is 5.02 Å². The van der Waals surface area contributed by atoms with Gasteiger partial charge in [-0.25, -0.2) is 0 Å². The summed E-state index contributed by atoms with van der Waals surface area (Å²) in [7, 11) is 0. The Kier molecular flexibility index (Phi) is 4.40. The molecule has 0 fully saturated rings. The van der Waals surface area contributed by atoms with Gasteiger partial charge < -0.3 is 11.1 Å². The van der Waals surface area contributed by atoms with Gasteiger partial charge in [0.15, 0.2) is 0 Å². The minimum absolute atomic E-state index is 0.133. The number of nitrogens with one attached hydrogen (secondary N) is 1. The second-order valence-corrected chi connectivity index (χ2v) is 4.64. The number of nitriles is 1. The Morgan fingerprint density at radius 2 is 1.95 bits per heavy atom. The van der Waals surface area contributed by atoms with Crippen molar-refractivity contribution in [2.75, 3.05) is 11.9 Å². The van der Waals surface area contributed by atoms with Crippen LogP contribution in [0.4, 0.5) is 5.69 Å². The van der Waals surface area contributed by atoms with Crippen LogP contribution >= 0.6 is 11.6 Å². The van der Waals surface area contributed by atoms with E-state index in [2.05, 4.69) is 11.4 Å². The van der Waals surface area contributed by atoms with E-state index in [0.717, 1.165) is 5.56 Å². The second kappa shape index (κ2) is 6.24. The van der Waals surface area contributed by atoms with Crippen LogP contribution in [0.15, 0.2) is 48.5 Å². The highest BCUT2D eigenvalue weighted by Gasteiger charge is 2.07. The topological polar surface area (TPSA) is 61.8 Å². The smallest absolute Gasteiger partial charge is 0.101 e. The van der Waals surface area contributed by atoms with E-state index in [1.807, 2.05) is 30.3 Å². The normalized spacial score (nSPS) is 11.6. The second-order valence-electron chi connectivity index (χ2n) is 4.20. The third-order valence-electron chi connectivity index (χ3n) is 2.84. The van der Waals surface area contributed by atoms with Gasteiger partial charge in [0, 0.05) is 17.6 Å². The molecule has 3 nitrogen and oxygen atoms in total. The van der Waals surface area contributed by atoms with Crippen LogP contribution in [0.5, 0.6) is 0 Å². The van der Waals surface area contributed by atoms with Crippen molar-refractivity contribution in [2.24, 2.45) is 5.73 Å². The van der Waals surface area contributed by atoms with Gasteiger partial charge in [-0.3, -0.25) is 0 Å². The maximum absolute atomic E-state index is 9.03. The number of anilines is 1. The fraction of sp³-hybridized carbons (Fsp3) is 0.133. The van der Waals surface area contributed by atoms with Crippen molar-refractivity contribution in [1.29, 1.82) is 5.26 Å². The summed E-state index contributed by atoms with van der Waals surface area (Å²) >= 11 is 5.93. The highest BCUT2D eigenvalue weighted by atomic mass is 35.5. The number of nitrogens with two attached hydrogens (primary N) is 1. The van der Waals surface area contributed by atoms with Gasteiger partial charge in [-0.15, -0.1) is 0 Å². The Bertz CT molecular complexity index is 590. The molecular weight excluding hydrogens is 258 g/mol. The first kappa shape index (κ1) is 13.4. The number of hydrogen-bond acceptors (Lipinski definition) is 3. The molecule has 0 aliphatic rings. The van der Waals surface area contributed by atoms with E-state index in [0.29, 0.717) is 22.8 Å². The molecule has 0 amide bonds. The molecule has 0 bridgehead atoms. The quantitative estimate of drug-likeness (QED) is 0.897. The largest absolute Gasteiger partial charge is 0.382 e. The zero-order valence-electron chi connectivity index (χ0n) is 10.3. The summed E-state index contributed by atoms with van der Waals surface area (Å²) in [5.41, 5.74) is 8.41. The van der Waals surface area contributed by atoms with Gasteiger partial charge in [-0.05, 0) is 23.8 Å². The Labute approximate surface area is 117 Å². The van der Waals surface area contributed by atoms with Crippen molar-refractivity contribution in [2.45, 2.75) is 6.04 Å². The number of nitrogens with zero attached hydrogens (tertiary/aromatic N) is 1. The van der Waals surface area contributed by atoms with Crippen LogP contribution in [-0.2, 0) is 0 Å². The van der Waals surface area contributed by atoms with Gasteiger partial charge in [0.05, 0.1) is 11.3 Å². The zero-order valence-corrected chi connectivity index (χ0v) is 11.1. The number of halogens is 1. The molecule has 96 valence electrons. The minimum atomic E-state index is -0.133. The lowest BCUT2D eigenvalue weighted by Crippen LogP contribution is -2.20. The Morgan fingerprint density at radius 3 is 2.63 bits per heavy atom. The molecule has 1 atom stereocenters. The van der Waals surface area contributed by atoms with Crippen molar-refractivity contribution in [3.05, 3.63) is 64.7 Å². The van der Waals surface area contributed by atoms with Gasteiger partial charge in [0.2, 0.25) is 0 Å². The first-order valence-electron chi connectivity index (χ1n) is 5.95. The molecule has 2 aromatic rings. The number of rotatable bonds is 4. The summed E-state index contributed by atoms with van der Waals surface area (Å²) in [6.45, 7) is 0.541. The van der Waals surface area contributed by atoms with Gasteiger partial charge in [-0.2, -0.15) is 5.26 Å². The van der Waals surface area contributed by atoms with Crippen LogP contribution in [0, 0.1) is 11.3 Å². The van der Waals surface area contributed by atoms with Crippen LogP contribution in [0.1, 0.15) is 17.2 Å². The van der Waals surface area contributed by atoms with Gasteiger partial charge in [-0.1, -0.05) is 41.9 Å². The fourth-order valence-corrected chi connectivity index (χ4v) is 1.97. The van der Waals surface area contributed by atoms with Crippen molar-refractivity contribution < 1.29 is 0 Å². The number of hydrogen-bond donors (Lipinski definition) is 2. The predicted molar refractivity (Wildman–Crippen MR) is 78.0 cm³/mol. The van der Waals surface area contributed by atoms with E-state index >= 15 is 0 Å². The van der Waals surface area contributed by atoms with Crippen LogP contribution < -0.4 is 11.1 Å². The molecule has 0 saturated heterocycles. The molecule has 0 aromatic heterocycles. The average Bonchev–Trinajstić information content (AvgIpc) is 2.46. The van der Waals surface area contributed by atoms with Gasteiger partial charge in [0.25, 0.3) is 0 Å².